The van der Waals surface area contributed by atoms with E-state index in [-0.39, 0.29) is 40.6 Å². The number of hydrogen-bond donors (Lipinski definition) is 0. The summed E-state index contributed by atoms with van der Waals surface area (Å²) in [6, 6.07) is 0. The van der Waals surface area contributed by atoms with Gasteiger partial charge in [0.05, 0.1) is 0 Å². The van der Waals surface area contributed by atoms with Crippen LogP contribution in [0.2, 0.25) is 0 Å². The molecule has 0 aliphatic heterocycles. The van der Waals surface area contributed by atoms with Gasteiger partial charge in [-0.1, -0.05) is 25.3 Å². The van der Waals surface area contributed by atoms with Crippen molar-refractivity contribution in [3.63, 3.8) is 0 Å². The summed E-state index contributed by atoms with van der Waals surface area (Å²) in [5.74, 6) is 0. The normalized spacial score (nSPS) is 3.33. The maximum absolute atomic E-state index is 3.36. The summed E-state index contributed by atoms with van der Waals surface area (Å²) >= 11 is 0. The Balaban J connectivity index is -0.00000000750. The minimum absolute atomic E-state index is 0. The average molecular weight is 70.0 g/mol. The second-order valence-corrected chi connectivity index (χ2v) is 0.471. The molecule has 6 heavy (non-hydrogen) atoms. The Bertz CT molecular complexity index is 33.0. The first-order valence-electron chi connectivity index (χ1n) is 1.15. The van der Waals surface area contributed by atoms with Crippen molar-refractivity contribution in [1.29, 1.82) is 0 Å². The first-order valence-corrected chi connectivity index (χ1v) is 1.15. The summed E-state index contributed by atoms with van der Waals surface area (Å²) in [6.07, 6.45) is 3.28. The van der Waals surface area contributed by atoms with Crippen LogP contribution in [0.25, 0.3) is 0 Å². The maximum Gasteiger partial charge on any atom is 1.00 e. The Morgan fingerprint density at radius 3 is 1.17 bits per heavy atom. The van der Waals surface area contributed by atoms with Crippen LogP contribution in [-0.4, -0.2) is 0 Å². The van der Waals surface area contributed by atoms with E-state index in [0.717, 1.165) is 0 Å². The Kier molecular flexibility index (Phi) is 46.0. The molecule has 0 saturated carbocycles. The van der Waals surface area contributed by atoms with Gasteiger partial charge in [0.15, 0.2) is 0 Å². The molecule has 0 aromatic carbocycles. The van der Waals surface area contributed by atoms with Gasteiger partial charge in [0.2, 0.25) is 0 Å². The fraction of sp³-hybridized carbons (Fsp3) is 0. The van der Waals surface area contributed by atoms with Gasteiger partial charge in [0.25, 0.3) is 0 Å². The summed E-state index contributed by atoms with van der Waals surface area (Å²) < 4.78 is 0. The van der Waals surface area contributed by atoms with Gasteiger partial charge >= 0.3 is 37.7 Å². The Labute approximate surface area is 66.0 Å². The van der Waals surface area contributed by atoms with E-state index < -0.39 is 0 Å². The minimum Gasteiger partial charge on any atom is -1.00 e. The van der Waals surface area contributed by atoms with E-state index in [1.165, 1.54) is 0 Å². The minimum atomic E-state index is 0. The second kappa shape index (κ2) is 17.3. The molecule has 0 unspecified atom stereocenters. The summed E-state index contributed by atoms with van der Waals surface area (Å²) in [7, 11) is 0. The molecular weight excluding hydrogens is 61.9 g/mol. The molecule has 0 atom stereocenters. The van der Waals surface area contributed by atoms with Crippen molar-refractivity contribution in [2.45, 2.75) is 0 Å². The van der Waals surface area contributed by atoms with Crippen LogP contribution in [0.4, 0.5) is 0 Å². The fourth-order valence-electron chi connectivity index (χ4n) is 0. The van der Waals surface area contributed by atoms with E-state index >= 15 is 0 Å². The van der Waals surface area contributed by atoms with Gasteiger partial charge in [0, 0.05) is 0 Å². The molecule has 0 nitrogen and oxygen atoms in total. The largest absolute Gasteiger partial charge is 1.00 e. The van der Waals surface area contributed by atoms with Gasteiger partial charge in [-0.05, 0) is 0 Å². The van der Waals surface area contributed by atoms with E-state index in [4.69, 9.17) is 0 Å². The summed E-state index contributed by atoms with van der Waals surface area (Å²) in [4.78, 5) is 0. The summed E-state index contributed by atoms with van der Waals surface area (Å²) in [5, 5.41) is 0. The zero-order valence-electron chi connectivity index (χ0n) is 6.57. The van der Waals surface area contributed by atoms with Gasteiger partial charge in [0.1, 0.15) is 0 Å². The van der Waals surface area contributed by atoms with Gasteiger partial charge in [-0.25, -0.2) is 0 Å². The molecule has 0 radical (unpaired) electrons. The first-order chi connectivity index (χ1) is 1.91. The topological polar surface area (TPSA) is 0 Å². The van der Waals surface area contributed by atoms with Crippen molar-refractivity contribution >= 4 is 0 Å². The molecule has 26 valence electrons. The second-order valence-electron chi connectivity index (χ2n) is 0.471. The SMILES string of the molecule is C=CC=C.[H-].[H-].[Li+].[Li+]. The molecule has 0 amide bonds. The smallest absolute Gasteiger partial charge is 1.00 e. The number of rotatable bonds is 1. The van der Waals surface area contributed by atoms with Crippen LogP contribution < -0.4 is 37.7 Å². The van der Waals surface area contributed by atoms with Gasteiger partial charge in [-0.3, -0.25) is 0 Å². The Morgan fingerprint density at radius 2 is 1.17 bits per heavy atom. The van der Waals surface area contributed by atoms with Crippen molar-refractivity contribution in [2.75, 3.05) is 0 Å². The summed E-state index contributed by atoms with van der Waals surface area (Å²) in [5.41, 5.74) is 0. The molecule has 0 bridgehead atoms. The molecule has 0 aliphatic rings. The molecule has 0 spiro atoms. The molecule has 2 heteroatoms. The standard InChI is InChI=1S/C4H6.2Li.2H/c1-3-4-2;;;;/h3-4H,1-2H2;;;;/q;2*+1;2*-1. The quantitative estimate of drug-likeness (QED) is 0.216. The van der Waals surface area contributed by atoms with Gasteiger partial charge in [-0.15, -0.1) is 0 Å². The first kappa shape index (κ1) is 15.9. The van der Waals surface area contributed by atoms with E-state index in [1.54, 1.807) is 12.2 Å². The maximum atomic E-state index is 3.36. The molecular formula is C4H8Li2. The van der Waals surface area contributed by atoms with Crippen LogP contribution in [-0.2, 0) is 0 Å². The van der Waals surface area contributed by atoms with Crippen LogP contribution in [0.15, 0.2) is 25.3 Å². The molecule has 0 rings (SSSR count). The van der Waals surface area contributed by atoms with Crippen molar-refractivity contribution in [1.82, 2.24) is 0 Å². The van der Waals surface area contributed by atoms with E-state index in [9.17, 15) is 0 Å². The van der Waals surface area contributed by atoms with Crippen molar-refractivity contribution < 1.29 is 40.6 Å². The molecule has 0 aromatic heterocycles. The molecule has 0 heterocycles. The van der Waals surface area contributed by atoms with Crippen molar-refractivity contribution in [3.05, 3.63) is 25.3 Å². The average Bonchev–Trinajstić information content (AvgIpc) is 1.37. The van der Waals surface area contributed by atoms with Crippen LogP contribution in [0.3, 0.4) is 0 Å². The molecule has 0 aromatic rings. The van der Waals surface area contributed by atoms with Gasteiger partial charge in [-0.2, -0.15) is 0 Å². The Hall–Kier alpha value is 0.675. The van der Waals surface area contributed by atoms with Crippen LogP contribution in [0, 0.1) is 0 Å². The Morgan fingerprint density at radius 1 is 1.00 bits per heavy atom. The summed E-state index contributed by atoms with van der Waals surface area (Å²) in [6.45, 7) is 6.72. The van der Waals surface area contributed by atoms with E-state index in [2.05, 4.69) is 13.2 Å². The van der Waals surface area contributed by atoms with Gasteiger partial charge < -0.3 is 2.85 Å². The third kappa shape index (κ3) is 22.5. The third-order valence-corrected chi connectivity index (χ3v) is 0.167. The monoisotopic (exact) mass is 70.1 g/mol. The van der Waals surface area contributed by atoms with E-state index in [1.807, 2.05) is 0 Å². The van der Waals surface area contributed by atoms with Crippen molar-refractivity contribution in [2.24, 2.45) is 0 Å². The number of allylic oxidation sites excluding steroid dienone is 2. The zero-order chi connectivity index (χ0) is 3.41. The molecule has 0 N–H and O–H groups in total. The molecule has 0 saturated heterocycles. The molecule has 0 fully saturated rings. The predicted octanol–water partition coefficient (Wildman–Crippen LogP) is -4.41. The predicted molar refractivity (Wildman–Crippen MR) is 22.6 cm³/mol. The number of hydrogen-bond acceptors (Lipinski definition) is 0. The third-order valence-electron chi connectivity index (χ3n) is 0.167. The molecule has 0 aliphatic carbocycles. The van der Waals surface area contributed by atoms with Crippen LogP contribution >= 0.6 is 0 Å². The van der Waals surface area contributed by atoms with Crippen LogP contribution in [0.5, 0.6) is 0 Å². The van der Waals surface area contributed by atoms with Crippen molar-refractivity contribution in [3.8, 4) is 0 Å². The van der Waals surface area contributed by atoms with E-state index in [0.29, 0.717) is 0 Å². The zero-order valence-corrected chi connectivity index (χ0v) is 4.57. The fourth-order valence-corrected chi connectivity index (χ4v) is 0. The van der Waals surface area contributed by atoms with Crippen LogP contribution in [0.1, 0.15) is 2.85 Å².